The van der Waals surface area contributed by atoms with E-state index in [1.165, 1.54) is 0 Å². The van der Waals surface area contributed by atoms with Gasteiger partial charge >= 0.3 is 5.97 Å². The number of nitrogens with zero attached hydrogens (tertiary/aromatic N) is 3. The van der Waals surface area contributed by atoms with E-state index in [1.807, 2.05) is 91.9 Å². The predicted octanol–water partition coefficient (Wildman–Crippen LogP) is 6.33. The van der Waals surface area contributed by atoms with Crippen LogP contribution in [-0.2, 0) is 22.2 Å². The highest BCUT2D eigenvalue weighted by molar-refractivity contribution is 9.10. The summed E-state index contributed by atoms with van der Waals surface area (Å²) in [6.45, 7) is 2.05. The average molecular weight is 610 g/mol. The van der Waals surface area contributed by atoms with Crippen molar-refractivity contribution in [2.75, 3.05) is 0 Å². The Morgan fingerprint density at radius 3 is 2.27 bits per heavy atom. The van der Waals surface area contributed by atoms with E-state index in [1.54, 1.807) is 23.0 Å². The van der Waals surface area contributed by atoms with E-state index in [0.717, 1.165) is 27.3 Å². The zero-order chi connectivity index (χ0) is 28.1. The van der Waals surface area contributed by atoms with Gasteiger partial charge < -0.3 is 9.30 Å². The number of benzene rings is 4. The van der Waals surface area contributed by atoms with Gasteiger partial charge in [-0.15, -0.1) is 11.5 Å². The van der Waals surface area contributed by atoms with Gasteiger partial charge in [0.1, 0.15) is 18.6 Å². The fraction of sp³-hybridized carbons (Fsp3) is 0.0938. The highest BCUT2D eigenvalue weighted by Gasteiger charge is 2.28. The molecule has 0 aliphatic rings. The van der Waals surface area contributed by atoms with Crippen molar-refractivity contribution in [1.82, 2.24) is 15.0 Å². The highest BCUT2D eigenvalue weighted by Crippen LogP contribution is 2.45. The molecule has 4 aromatic carbocycles. The molecule has 1 aromatic heterocycles. The van der Waals surface area contributed by atoms with Gasteiger partial charge in [0.05, 0.1) is 11.8 Å². The number of carbonyl (C=O) groups excluding carboxylic acids is 1. The van der Waals surface area contributed by atoms with Crippen LogP contribution in [0.4, 0.5) is 0 Å². The third-order valence-corrected chi connectivity index (χ3v) is 9.89. The molecule has 0 fully saturated rings. The Bertz CT molecular complexity index is 1720. The van der Waals surface area contributed by atoms with E-state index in [-0.39, 0.29) is 12.9 Å². The third-order valence-electron chi connectivity index (χ3n) is 6.47. The summed E-state index contributed by atoms with van der Waals surface area (Å²) in [5, 5.41) is 10.1. The highest BCUT2D eigenvalue weighted by atomic mass is 79.9. The van der Waals surface area contributed by atoms with E-state index >= 15 is 0 Å². The SMILES string of the molecule is C#Cc1ccc(COC(=O)c2cc(Br)cc(-c3cn(CP(=O)(c4ccccc4)c4ccccc4)nn3)c2)cc1C. The van der Waals surface area contributed by atoms with E-state index in [4.69, 9.17) is 11.2 Å². The van der Waals surface area contributed by atoms with E-state index in [0.29, 0.717) is 21.3 Å². The second-order valence-electron chi connectivity index (χ2n) is 9.29. The van der Waals surface area contributed by atoms with Gasteiger partial charge in [0.25, 0.3) is 0 Å². The maximum Gasteiger partial charge on any atom is 0.338 e. The van der Waals surface area contributed by atoms with Crippen molar-refractivity contribution in [3.8, 4) is 23.6 Å². The lowest BCUT2D eigenvalue weighted by atomic mass is 10.1. The number of ether oxygens (including phenoxy) is 1. The zero-order valence-corrected chi connectivity index (χ0v) is 24.2. The molecule has 0 bridgehead atoms. The number of carbonyl (C=O) groups is 1. The van der Waals surface area contributed by atoms with Crippen molar-refractivity contribution < 1.29 is 14.1 Å². The van der Waals surface area contributed by atoms with E-state index in [9.17, 15) is 9.36 Å². The van der Waals surface area contributed by atoms with Crippen LogP contribution >= 0.6 is 23.1 Å². The molecule has 40 heavy (non-hydrogen) atoms. The van der Waals surface area contributed by atoms with Crippen LogP contribution in [0, 0.1) is 19.3 Å². The zero-order valence-electron chi connectivity index (χ0n) is 21.7. The van der Waals surface area contributed by atoms with Crippen LogP contribution in [-0.4, -0.2) is 21.0 Å². The topological polar surface area (TPSA) is 74.1 Å². The second kappa shape index (κ2) is 11.9. The number of rotatable bonds is 8. The smallest absolute Gasteiger partial charge is 0.338 e. The fourth-order valence-corrected chi connectivity index (χ4v) is 7.39. The average Bonchev–Trinajstić information content (AvgIpc) is 3.45. The standard InChI is InChI=1S/C32H25BrN3O3P/c1-3-25-15-14-24(16-23(25)2)21-39-32(37)27-17-26(18-28(33)19-27)31-20-36(35-34-31)22-40(38,29-10-6-4-7-11-29)30-12-8-5-9-13-30/h1,4-20H,21-22H2,2H3. The molecule has 0 unspecified atom stereocenters. The molecular formula is C32H25BrN3O3P. The maximum absolute atomic E-state index is 14.4. The third kappa shape index (κ3) is 5.99. The molecule has 0 radical (unpaired) electrons. The molecule has 5 aromatic rings. The lowest BCUT2D eigenvalue weighted by molar-refractivity contribution is 0.0472. The first-order valence-corrected chi connectivity index (χ1v) is 15.2. The van der Waals surface area contributed by atoms with Crippen LogP contribution in [0.25, 0.3) is 11.3 Å². The predicted molar refractivity (Wildman–Crippen MR) is 161 cm³/mol. The summed E-state index contributed by atoms with van der Waals surface area (Å²) in [6.07, 6.45) is 7.38. The Morgan fingerprint density at radius 2 is 1.65 bits per heavy atom. The minimum absolute atomic E-state index is 0.122. The minimum atomic E-state index is -3.04. The summed E-state index contributed by atoms with van der Waals surface area (Å²) >= 11 is 3.49. The number of hydrogen-bond donors (Lipinski definition) is 0. The molecular weight excluding hydrogens is 585 g/mol. The van der Waals surface area contributed by atoms with Crippen LogP contribution in [0.1, 0.15) is 27.0 Å². The summed E-state index contributed by atoms with van der Waals surface area (Å²) in [4.78, 5) is 12.9. The van der Waals surface area contributed by atoms with Crippen LogP contribution in [0.2, 0.25) is 0 Å². The molecule has 0 aliphatic heterocycles. The molecule has 0 atom stereocenters. The first-order chi connectivity index (χ1) is 19.4. The Kier molecular flexibility index (Phi) is 8.11. The Labute approximate surface area is 241 Å². The minimum Gasteiger partial charge on any atom is -0.457 e. The first-order valence-electron chi connectivity index (χ1n) is 12.5. The number of hydrogen-bond acceptors (Lipinski definition) is 5. The van der Waals surface area contributed by atoms with Crippen LogP contribution in [0.15, 0.2) is 108 Å². The number of aryl methyl sites for hydroxylation is 1. The lowest BCUT2D eigenvalue weighted by Gasteiger charge is -2.19. The Morgan fingerprint density at radius 1 is 0.975 bits per heavy atom. The van der Waals surface area contributed by atoms with Crippen molar-refractivity contribution >= 4 is 39.7 Å². The molecule has 5 rings (SSSR count). The number of halogens is 1. The number of aromatic nitrogens is 3. The van der Waals surface area contributed by atoms with Crippen molar-refractivity contribution in [1.29, 1.82) is 0 Å². The van der Waals surface area contributed by atoms with Gasteiger partial charge in [0.15, 0.2) is 7.14 Å². The van der Waals surface area contributed by atoms with E-state index < -0.39 is 13.1 Å². The molecule has 0 saturated heterocycles. The molecule has 0 saturated carbocycles. The summed E-state index contributed by atoms with van der Waals surface area (Å²) in [5.41, 5.74) is 4.20. The largest absolute Gasteiger partial charge is 0.457 e. The molecule has 0 N–H and O–H groups in total. The summed E-state index contributed by atoms with van der Waals surface area (Å²) < 4.78 is 22.3. The van der Waals surface area contributed by atoms with Gasteiger partial charge in [-0.2, -0.15) is 0 Å². The Balaban J connectivity index is 1.37. The normalized spacial score (nSPS) is 11.1. The van der Waals surface area contributed by atoms with Gasteiger partial charge in [0.2, 0.25) is 0 Å². The fourth-order valence-electron chi connectivity index (χ4n) is 4.42. The summed E-state index contributed by atoms with van der Waals surface area (Å²) in [7, 11) is -3.04. The molecule has 1 heterocycles. The first kappa shape index (κ1) is 27.3. The van der Waals surface area contributed by atoms with Crippen LogP contribution < -0.4 is 10.6 Å². The molecule has 0 amide bonds. The van der Waals surface area contributed by atoms with Crippen molar-refractivity contribution in [3.63, 3.8) is 0 Å². The maximum atomic E-state index is 14.4. The van der Waals surface area contributed by atoms with E-state index in [2.05, 4.69) is 32.2 Å². The molecule has 0 aliphatic carbocycles. The van der Waals surface area contributed by atoms with Gasteiger partial charge in [-0.3, -0.25) is 0 Å². The number of esters is 1. The Hall–Kier alpha value is -4.24. The van der Waals surface area contributed by atoms with Crippen LogP contribution in [0.5, 0.6) is 0 Å². The summed E-state index contributed by atoms with van der Waals surface area (Å²) in [5.74, 6) is 2.16. The van der Waals surface area contributed by atoms with Crippen LogP contribution in [0.3, 0.4) is 0 Å². The molecule has 198 valence electrons. The number of terminal acetylenes is 1. The molecule has 8 heteroatoms. The van der Waals surface area contributed by atoms with Gasteiger partial charge in [-0.05, 0) is 42.3 Å². The lowest BCUT2D eigenvalue weighted by Crippen LogP contribution is -2.20. The quantitative estimate of drug-likeness (QED) is 0.117. The monoisotopic (exact) mass is 609 g/mol. The molecule has 6 nitrogen and oxygen atoms in total. The summed E-state index contributed by atoms with van der Waals surface area (Å²) in [6, 6.07) is 29.7. The van der Waals surface area contributed by atoms with Gasteiger partial charge in [-0.1, -0.05) is 99.9 Å². The van der Waals surface area contributed by atoms with Gasteiger partial charge in [-0.25, -0.2) is 9.48 Å². The van der Waals surface area contributed by atoms with Crippen molar-refractivity contribution in [2.45, 2.75) is 19.8 Å². The van der Waals surface area contributed by atoms with Gasteiger partial charge in [0, 0.05) is 26.2 Å². The molecule has 0 spiro atoms. The van der Waals surface area contributed by atoms with Crippen molar-refractivity contribution in [2.24, 2.45) is 0 Å². The second-order valence-corrected chi connectivity index (χ2v) is 13.0. The van der Waals surface area contributed by atoms with Crippen molar-refractivity contribution in [3.05, 3.63) is 130 Å².